The minimum Gasteiger partial charge on any atom is -0.405 e. The maximum atomic E-state index is 16.6. The van der Waals surface area contributed by atoms with Crippen molar-refractivity contribution in [1.29, 1.82) is 0 Å². The Balaban J connectivity index is 1.37. The summed E-state index contributed by atoms with van der Waals surface area (Å²) in [5.74, 6) is 0.558. The van der Waals surface area contributed by atoms with Crippen LogP contribution in [0.5, 0.6) is 0 Å². The molecule has 11 heteroatoms. The summed E-state index contributed by atoms with van der Waals surface area (Å²) in [6.07, 6.45) is 0.164. The molecule has 2 aliphatic rings. The maximum absolute atomic E-state index is 16.6. The molecule has 7 nitrogen and oxygen atoms in total. The van der Waals surface area contributed by atoms with Gasteiger partial charge in [0, 0.05) is 22.6 Å². The third kappa shape index (κ3) is 5.59. The number of rotatable bonds is 6. The largest absolute Gasteiger partial charge is 0.489 e. The molecule has 0 saturated carbocycles. The first-order valence-electron chi connectivity index (χ1n) is 14.7. The van der Waals surface area contributed by atoms with E-state index >= 15 is 4.39 Å². The molecular weight excluding hydrogens is 578 g/mol. The summed E-state index contributed by atoms with van der Waals surface area (Å²) in [5, 5.41) is 0.349. The summed E-state index contributed by atoms with van der Waals surface area (Å²) in [7, 11) is -1.54. The molecule has 2 fully saturated rings. The lowest BCUT2D eigenvalue weighted by Crippen LogP contribution is -2.46. The fourth-order valence-corrected chi connectivity index (χ4v) is 5.67. The van der Waals surface area contributed by atoms with Crippen LogP contribution in [0.3, 0.4) is 0 Å². The van der Waals surface area contributed by atoms with Crippen molar-refractivity contribution in [2.45, 2.75) is 77.3 Å². The van der Waals surface area contributed by atoms with Crippen molar-refractivity contribution >= 4 is 25.6 Å². The number of aromatic nitrogens is 3. The van der Waals surface area contributed by atoms with Crippen LogP contribution in [0.15, 0.2) is 72.8 Å². The van der Waals surface area contributed by atoms with Crippen molar-refractivity contribution in [2.24, 2.45) is 0 Å². The van der Waals surface area contributed by atoms with Crippen molar-refractivity contribution < 1.29 is 23.0 Å². The number of hydrogen-bond donors (Lipinski definition) is 0. The average molecular weight is 614 g/mol. The van der Waals surface area contributed by atoms with Gasteiger partial charge in [0.15, 0.2) is 17.5 Å². The second-order valence-corrected chi connectivity index (χ2v) is 13.5. The molecule has 226 valence electrons. The van der Waals surface area contributed by atoms with Gasteiger partial charge in [-0.1, -0.05) is 72.3 Å². The van der Waals surface area contributed by atoms with Crippen molar-refractivity contribution in [3.63, 3.8) is 0 Å². The smallest absolute Gasteiger partial charge is 0.405 e. The van der Waals surface area contributed by atoms with Crippen LogP contribution in [-0.2, 0) is 25.0 Å². The van der Waals surface area contributed by atoms with Crippen molar-refractivity contribution in [1.82, 2.24) is 15.0 Å². The second-order valence-electron chi connectivity index (χ2n) is 13.1. The van der Waals surface area contributed by atoms with Crippen LogP contribution in [0.2, 0.25) is 5.02 Å². The fraction of sp³-hybridized carbons (Fsp3) is 0.364. The molecule has 1 atom stereocenters. The van der Waals surface area contributed by atoms with Gasteiger partial charge in [0.25, 0.3) is 0 Å². The van der Waals surface area contributed by atoms with E-state index in [4.69, 9.17) is 45.2 Å². The lowest BCUT2D eigenvalue weighted by molar-refractivity contribution is -0.00928. The first-order chi connectivity index (χ1) is 20.7. The standard InChI is InChI=1S/C33H35B2ClFN3O4/c1-30(2)31(3,4)42-34(41-30)35-43-32(5,6)33(7,44-35)20-23-18-24(36)19-25(26(23)37)29-39-27(21-14-10-8-11-15-21)38-28(40-29)22-16-12-9-13-17-22/h8-19H,20H2,1-7H3. The minimum absolute atomic E-state index is 0.164. The molecule has 2 saturated heterocycles. The molecule has 0 aliphatic carbocycles. The number of benzene rings is 3. The van der Waals surface area contributed by atoms with E-state index in [1.807, 2.05) is 109 Å². The van der Waals surface area contributed by atoms with Crippen molar-refractivity contribution in [3.8, 4) is 34.2 Å². The van der Waals surface area contributed by atoms with Crippen LogP contribution >= 0.6 is 11.6 Å². The Morgan fingerprint density at radius 3 is 1.61 bits per heavy atom. The van der Waals surface area contributed by atoms with E-state index in [9.17, 15) is 0 Å². The topological polar surface area (TPSA) is 75.6 Å². The molecule has 44 heavy (non-hydrogen) atoms. The van der Waals surface area contributed by atoms with Crippen LogP contribution in [0.1, 0.15) is 54.0 Å². The van der Waals surface area contributed by atoms with Crippen LogP contribution in [-0.4, -0.2) is 51.4 Å². The summed E-state index contributed by atoms with van der Waals surface area (Å²) in [5.41, 5.74) is -0.771. The summed E-state index contributed by atoms with van der Waals surface area (Å²) in [6, 6.07) is 22.2. The maximum Gasteiger partial charge on any atom is 0.489 e. The van der Waals surface area contributed by atoms with Gasteiger partial charge in [-0.05, 0) is 66.2 Å². The highest BCUT2D eigenvalue weighted by Crippen LogP contribution is 2.45. The summed E-state index contributed by atoms with van der Waals surface area (Å²) in [4.78, 5) is 14.1. The molecule has 1 unspecified atom stereocenters. The molecular formula is C33H35B2ClFN3O4. The summed E-state index contributed by atoms with van der Waals surface area (Å²) < 4.78 is 41.9. The van der Waals surface area contributed by atoms with E-state index in [1.54, 1.807) is 12.1 Å². The zero-order valence-electron chi connectivity index (χ0n) is 26.0. The lowest BCUT2D eigenvalue weighted by Gasteiger charge is -2.37. The summed E-state index contributed by atoms with van der Waals surface area (Å²) in [6.45, 7) is 13.6. The Hall–Kier alpha value is -3.14. The Morgan fingerprint density at radius 2 is 1.09 bits per heavy atom. The van der Waals surface area contributed by atoms with Gasteiger partial charge in [0.05, 0.1) is 28.0 Å². The summed E-state index contributed by atoms with van der Waals surface area (Å²) >= 11 is 6.63. The van der Waals surface area contributed by atoms with Crippen LogP contribution in [0, 0.1) is 5.82 Å². The zero-order valence-corrected chi connectivity index (χ0v) is 26.8. The zero-order chi connectivity index (χ0) is 31.5. The van der Waals surface area contributed by atoms with Crippen LogP contribution in [0.25, 0.3) is 34.2 Å². The molecule has 0 N–H and O–H groups in total. The Morgan fingerprint density at radius 1 is 0.636 bits per heavy atom. The molecule has 0 bridgehead atoms. The Bertz CT molecular complexity index is 1620. The molecule has 0 amide bonds. The Kier molecular flexibility index (Phi) is 7.74. The third-order valence-corrected chi connectivity index (χ3v) is 9.35. The highest BCUT2D eigenvalue weighted by Gasteiger charge is 2.64. The first-order valence-corrected chi connectivity index (χ1v) is 15.1. The molecule has 2 aliphatic heterocycles. The monoisotopic (exact) mass is 613 g/mol. The van der Waals surface area contributed by atoms with Crippen LogP contribution < -0.4 is 0 Å². The van der Waals surface area contributed by atoms with E-state index in [-0.39, 0.29) is 17.8 Å². The number of hydrogen-bond acceptors (Lipinski definition) is 7. The van der Waals surface area contributed by atoms with Gasteiger partial charge < -0.3 is 18.6 Å². The highest BCUT2D eigenvalue weighted by molar-refractivity contribution is 7.11. The molecule has 3 aromatic carbocycles. The van der Waals surface area contributed by atoms with Gasteiger partial charge in [-0.3, -0.25) is 0 Å². The molecule has 0 radical (unpaired) electrons. The van der Waals surface area contributed by atoms with Gasteiger partial charge in [-0.25, -0.2) is 19.3 Å². The van der Waals surface area contributed by atoms with Gasteiger partial charge in [0.2, 0.25) is 0 Å². The normalized spacial score (nSPS) is 22.0. The third-order valence-electron chi connectivity index (χ3n) is 9.14. The highest BCUT2D eigenvalue weighted by atomic mass is 35.5. The number of halogens is 2. The van der Waals surface area contributed by atoms with Crippen molar-refractivity contribution in [2.75, 3.05) is 0 Å². The van der Waals surface area contributed by atoms with Crippen molar-refractivity contribution in [3.05, 3.63) is 89.2 Å². The van der Waals surface area contributed by atoms with Gasteiger partial charge in [-0.15, -0.1) is 0 Å². The quantitative estimate of drug-likeness (QED) is 0.209. The first kappa shape index (κ1) is 30.9. The predicted octanol–water partition coefficient (Wildman–Crippen LogP) is 7.45. The van der Waals surface area contributed by atoms with Crippen LogP contribution in [0.4, 0.5) is 4.39 Å². The van der Waals surface area contributed by atoms with E-state index < -0.39 is 42.2 Å². The van der Waals surface area contributed by atoms with E-state index in [0.717, 1.165) is 11.1 Å². The molecule has 0 spiro atoms. The SMILES string of the molecule is CC1(C)OB(B2OC(C)(C)C(C)(Cc3cc(Cl)cc(-c4nc(-c5ccccc5)nc(-c5ccccc5)n4)c3F)O2)OC1(C)C. The average Bonchev–Trinajstić information content (AvgIpc) is 3.36. The lowest BCUT2D eigenvalue weighted by atomic mass is 9.49. The molecule has 4 aromatic rings. The predicted molar refractivity (Wildman–Crippen MR) is 171 cm³/mol. The van der Waals surface area contributed by atoms with Gasteiger partial charge in [-0.2, -0.15) is 0 Å². The molecule has 1 aromatic heterocycles. The number of nitrogens with zero attached hydrogens (tertiary/aromatic N) is 3. The minimum atomic E-state index is -0.951. The van der Waals surface area contributed by atoms with E-state index in [1.165, 1.54) is 0 Å². The Labute approximate surface area is 263 Å². The second kappa shape index (κ2) is 11.0. The molecule has 3 heterocycles. The van der Waals surface area contributed by atoms with Gasteiger partial charge >= 0.3 is 14.0 Å². The van der Waals surface area contributed by atoms with Gasteiger partial charge in [0.1, 0.15) is 5.82 Å². The fourth-order valence-electron chi connectivity index (χ4n) is 5.43. The van der Waals surface area contributed by atoms with E-state index in [0.29, 0.717) is 22.2 Å². The molecule has 6 rings (SSSR count). The van der Waals surface area contributed by atoms with E-state index in [2.05, 4.69) is 0 Å².